The number of fused-ring (bicyclic) bond motifs is 1. The molecule has 0 aromatic carbocycles. The summed E-state index contributed by atoms with van der Waals surface area (Å²) < 4.78 is 0.822. The molecule has 0 saturated carbocycles. The topological polar surface area (TPSA) is 72.6 Å². The van der Waals surface area contributed by atoms with Crippen molar-refractivity contribution in [1.82, 2.24) is 15.9 Å². The van der Waals surface area contributed by atoms with Crippen LogP contribution in [0.25, 0.3) is 0 Å². The van der Waals surface area contributed by atoms with E-state index < -0.39 is 0 Å². The van der Waals surface area contributed by atoms with Crippen LogP contribution < -0.4 is 15.9 Å². The number of hydrogen-bond acceptors (Lipinski definition) is 6. The van der Waals surface area contributed by atoms with Crippen molar-refractivity contribution >= 4 is 11.5 Å². The number of nitroso groups, excluding NO2 is 1. The molecule has 3 rings (SSSR count). The quantitative estimate of drug-likeness (QED) is 0.643. The number of nitrogens with zero attached hydrogens (tertiary/aromatic N) is 4. The maximum absolute atomic E-state index is 11.7. The third-order valence-corrected chi connectivity index (χ3v) is 2.39. The molecule has 0 fully saturated rings. The van der Waals surface area contributed by atoms with Crippen LogP contribution in [0.3, 0.4) is 0 Å². The second-order valence-corrected chi connectivity index (χ2v) is 3.41. The van der Waals surface area contributed by atoms with Gasteiger partial charge in [0.2, 0.25) is 6.67 Å². The lowest BCUT2D eigenvalue weighted by atomic mass is 10.3. The average Bonchev–Trinajstić information content (AvgIpc) is 2.79. The summed E-state index contributed by atoms with van der Waals surface area (Å²) >= 11 is 0. The van der Waals surface area contributed by atoms with Crippen molar-refractivity contribution in [3.63, 3.8) is 0 Å². The minimum atomic E-state index is 0.218. The summed E-state index contributed by atoms with van der Waals surface area (Å²) in [6.45, 7) is 0.218. The van der Waals surface area contributed by atoms with Crippen molar-refractivity contribution in [1.29, 1.82) is 0 Å². The molecule has 80 valence electrons. The number of amidine groups is 1. The fourth-order valence-corrected chi connectivity index (χ4v) is 1.63. The van der Waals surface area contributed by atoms with Crippen LogP contribution in [0.4, 0.5) is 5.69 Å². The summed E-state index contributed by atoms with van der Waals surface area (Å²) in [5.74, 6) is 0.380. The average molecular weight is 217 g/mol. The highest BCUT2D eigenvalue weighted by atomic mass is 16.3. The fourth-order valence-electron chi connectivity index (χ4n) is 1.63. The molecule has 0 amide bonds. The Labute approximate surface area is 91.0 Å². The molecule has 7 heteroatoms. The van der Waals surface area contributed by atoms with Gasteiger partial charge in [-0.05, 0) is 12.1 Å². The van der Waals surface area contributed by atoms with E-state index in [9.17, 15) is 4.91 Å². The summed E-state index contributed by atoms with van der Waals surface area (Å²) in [4.78, 5) is 17.4. The first-order valence-electron chi connectivity index (χ1n) is 4.77. The molecule has 1 aromatic rings. The van der Waals surface area contributed by atoms with Crippen LogP contribution in [0.5, 0.6) is 0 Å². The summed E-state index contributed by atoms with van der Waals surface area (Å²) in [5.41, 5.74) is 6.93. The second kappa shape index (κ2) is 3.30. The van der Waals surface area contributed by atoms with Crippen LogP contribution in [-0.2, 0) is 0 Å². The zero-order valence-corrected chi connectivity index (χ0v) is 8.29. The Hall–Kier alpha value is -2.44. The smallest absolute Gasteiger partial charge is 0.306 e. The first-order chi connectivity index (χ1) is 7.84. The Balaban J connectivity index is 1.98. The Morgan fingerprint density at radius 3 is 3.00 bits per heavy atom. The number of nitrogens with one attached hydrogen (secondary N) is 2. The standard InChI is InChI=1S/C9H9N6O/c16-15-6-14(7-1-3-10-4-2-7)5-8-9(15)12-13-11-8/h1-5,11,13H,6H2/q+1. The largest absolute Gasteiger partial charge is 0.415 e. The maximum atomic E-state index is 11.7. The van der Waals surface area contributed by atoms with Gasteiger partial charge in [-0.3, -0.25) is 10.4 Å². The van der Waals surface area contributed by atoms with Gasteiger partial charge in [-0.2, -0.15) is 0 Å². The highest BCUT2D eigenvalue weighted by Crippen LogP contribution is 2.18. The predicted molar refractivity (Wildman–Crippen MR) is 57.0 cm³/mol. The lowest BCUT2D eigenvalue weighted by Crippen LogP contribution is -2.38. The number of hydrazine groups is 1. The van der Waals surface area contributed by atoms with Gasteiger partial charge >= 0.3 is 5.84 Å². The second-order valence-electron chi connectivity index (χ2n) is 3.41. The van der Waals surface area contributed by atoms with Gasteiger partial charge in [-0.1, -0.05) is 4.91 Å². The molecule has 0 unspecified atom stereocenters. The number of hydrazone groups is 1. The van der Waals surface area contributed by atoms with E-state index in [2.05, 4.69) is 21.0 Å². The molecule has 2 aliphatic heterocycles. The van der Waals surface area contributed by atoms with Crippen LogP contribution in [0.15, 0.2) is 41.5 Å². The molecule has 16 heavy (non-hydrogen) atoms. The zero-order valence-electron chi connectivity index (χ0n) is 8.29. The van der Waals surface area contributed by atoms with E-state index in [1.807, 2.05) is 23.2 Å². The number of hydrogen-bond donors (Lipinski definition) is 2. The van der Waals surface area contributed by atoms with Gasteiger partial charge in [0.15, 0.2) is 5.70 Å². The Morgan fingerprint density at radius 1 is 1.38 bits per heavy atom. The third kappa shape index (κ3) is 1.29. The molecule has 2 aliphatic rings. The van der Waals surface area contributed by atoms with E-state index in [1.54, 1.807) is 12.4 Å². The van der Waals surface area contributed by atoms with Crippen LogP contribution >= 0.6 is 0 Å². The first kappa shape index (κ1) is 8.84. The molecule has 3 heterocycles. The number of anilines is 1. The highest BCUT2D eigenvalue weighted by Gasteiger charge is 2.35. The Kier molecular flexibility index (Phi) is 1.82. The van der Waals surface area contributed by atoms with Crippen molar-refractivity contribution in [2.24, 2.45) is 5.10 Å². The van der Waals surface area contributed by atoms with Crippen LogP contribution in [0.2, 0.25) is 0 Å². The van der Waals surface area contributed by atoms with Gasteiger partial charge in [-0.25, -0.2) is 0 Å². The lowest BCUT2D eigenvalue weighted by Gasteiger charge is -2.20. The molecule has 0 spiro atoms. The molecule has 0 saturated heterocycles. The normalized spacial score (nSPS) is 18.2. The van der Waals surface area contributed by atoms with E-state index in [0.717, 1.165) is 10.4 Å². The van der Waals surface area contributed by atoms with E-state index in [1.165, 1.54) is 0 Å². The molecule has 1 aromatic heterocycles. The molecular weight excluding hydrogens is 208 g/mol. The number of aromatic nitrogens is 1. The third-order valence-electron chi connectivity index (χ3n) is 2.39. The van der Waals surface area contributed by atoms with E-state index >= 15 is 0 Å². The van der Waals surface area contributed by atoms with Gasteiger partial charge in [-0.15, -0.1) is 5.53 Å². The molecular formula is C9H9N6O+. The summed E-state index contributed by atoms with van der Waals surface area (Å²) in [6.07, 6.45) is 5.21. The fraction of sp³-hybridized carbons (Fsp3) is 0.111. The number of pyridine rings is 1. The molecule has 0 bridgehead atoms. The minimum Gasteiger partial charge on any atom is -0.306 e. The molecule has 2 N–H and O–H groups in total. The minimum absolute atomic E-state index is 0.218. The summed E-state index contributed by atoms with van der Waals surface area (Å²) in [5, 5.41) is 3.83. The molecule has 0 aliphatic carbocycles. The SMILES string of the molecule is O=[N+]1CN(c2ccncc2)C=C2NNN=C21. The van der Waals surface area contributed by atoms with E-state index in [0.29, 0.717) is 11.5 Å². The lowest BCUT2D eigenvalue weighted by molar-refractivity contribution is -0.430. The number of rotatable bonds is 1. The van der Waals surface area contributed by atoms with Crippen molar-refractivity contribution in [3.05, 3.63) is 41.3 Å². The Morgan fingerprint density at radius 2 is 2.19 bits per heavy atom. The van der Waals surface area contributed by atoms with Crippen LogP contribution in [-0.4, -0.2) is 22.2 Å². The summed E-state index contributed by atoms with van der Waals surface area (Å²) in [7, 11) is 0. The van der Waals surface area contributed by atoms with E-state index in [-0.39, 0.29) is 6.67 Å². The van der Waals surface area contributed by atoms with Gasteiger partial charge in [0.25, 0.3) is 0 Å². The Bertz CT molecular complexity index is 494. The highest BCUT2D eigenvalue weighted by molar-refractivity contribution is 5.93. The van der Waals surface area contributed by atoms with Gasteiger partial charge < -0.3 is 4.90 Å². The van der Waals surface area contributed by atoms with Gasteiger partial charge in [0.1, 0.15) is 0 Å². The zero-order chi connectivity index (χ0) is 11.0. The van der Waals surface area contributed by atoms with Crippen molar-refractivity contribution in [2.75, 3.05) is 11.6 Å². The van der Waals surface area contributed by atoms with Gasteiger partial charge in [0.05, 0.1) is 5.10 Å². The van der Waals surface area contributed by atoms with Crippen molar-refractivity contribution in [3.8, 4) is 0 Å². The molecule has 0 atom stereocenters. The van der Waals surface area contributed by atoms with Crippen LogP contribution in [0, 0.1) is 4.91 Å². The first-order valence-corrected chi connectivity index (χ1v) is 4.77. The summed E-state index contributed by atoms with van der Waals surface area (Å²) in [6, 6.07) is 3.69. The van der Waals surface area contributed by atoms with Crippen molar-refractivity contribution < 1.29 is 4.76 Å². The molecule has 0 radical (unpaired) electrons. The van der Waals surface area contributed by atoms with E-state index in [4.69, 9.17) is 0 Å². The molecule has 7 nitrogen and oxygen atoms in total. The monoisotopic (exact) mass is 217 g/mol. The van der Waals surface area contributed by atoms with Gasteiger partial charge in [0, 0.05) is 29.0 Å². The van der Waals surface area contributed by atoms with Crippen molar-refractivity contribution in [2.45, 2.75) is 0 Å². The predicted octanol–water partition coefficient (Wildman–Crippen LogP) is -0.0993. The van der Waals surface area contributed by atoms with Crippen LogP contribution in [0.1, 0.15) is 0 Å². The maximum Gasteiger partial charge on any atom is 0.415 e.